The second-order valence-electron chi connectivity index (χ2n) is 6.46. The second-order valence-corrected chi connectivity index (χ2v) is 6.46. The van der Waals surface area contributed by atoms with Crippen molar-refractivity contribution in [1.82, 2.24) is 4.90 Å². The van der Waals surface area contributed by atoms with Crippen molar-refractivity contribution in [3.05, 3.63) is 23.7 Å². The molecule has 0 radical (unpaired) electrons. The Morgan fingerprint density at radius 2 is 2.16 bits per heavy atom. The number of nitrogens with zero attached hydrogens (tertiary/aromatic N) is 1. The normalized spacial score (nSPS) is 31.9. The van der Waals surface area contributed by atoms with Gasteiger partial charge in [-0.2, -0.15) is 0 Å². The highest BCUT2D eigenvalue weighted by molar-refractivity contribution is 5.07. The van der Waals surface area contributed by atoms with E-state index in [0.29, 0.717) is 5.92 Å². The van der Waals surface area contributed by atoms with Crippen LogP contribution in [0.3, 0.4) is 0 Å². The van der Waals surface area contributed by atoms with E-state index in [4.69, 9.17) is 10.2 Å². The highest BCUT2D eigenvalue weighted by atomic mass is 16.3. The maximum atomic E-state index is 6.16. The Balaban J connectivity index is 2.11. The molecule has 0 bridgehead atoms. The predicted molar refractivity (Wildman–Crippen MR) is 78.9 cm³/mol. The number of hydrogen-bond acceptors (Lipinski definition) is 3. The lowest BCUT2D eigenvalue weighted by Crippen LogP contribution is -2.58. The molecule has 1 heterocycles. The van der Waals surface area contributed by atoms with Gasteiger partial charge in [-0.3, -0.25) is 4.90 Å². The molecule has 1 fully saturated rings. The summed E-state index contributed by atoms with van der Waals surface area (Å²) in [7, 11) is 2.19. The highest BCUT2D eigenvalue weighted by Crippen LogP contribution is 2.40. The molecule has 1 aliphatic rings. The quantitative estimate of drug-likeness (QED) is 0.908. The fourth-order valence-electron chi connectivity index (χ4n) is 3.67. The van der Waals surface area contributed by atoms with Gasteiger partial charge >= 0.3 is 0 Å². The number of nitrogens with two attached hydrogens (primary N) is 1. The van der Waals surface area contributed by atoms with Crippen LogP contribution in [-0.2, 0) is 6.54 Å². The van der Waals surface area contributed by atoms with Crippen molar-refractivity contribution < 1.29 is 4.42 Å². The van der Waals surface area contributed by atoms with Gasteiger partial charge in [-0.05, 0) is 57.2 Å². The van der Waals surface area contributed by atoms with Gasteiger partial charge < -0.3 is 10.2 Å². The smallest absolute Gasteiger partial charge is 0.118 e. The van der Waals surface area contributed by atoms with Crippen molar-refractivity contribution in [2.45, 2.75) is 52.1 Å². The molecule has 0 aromatic carbocycles. The molecule has 1 aromatic rings. The van der Waals surface area contributed by atoms with Gasteiger partial charge in [-0.25, -0.2) is 0 Å². The zero-order chi connectivity index (χ0) is 14.0. The number of aryl methyl sites for hydroxylation is 1. The highest BCUT2D eigenvalue weighted by Gasteiger charge is 2.42. The third kappa shape index (κ3) is 2.87. The van der Waals surface area contributed by atoms with Gasteiger partial charge in [-0.1, -0.05) is 13.8 Å². The van der Waals surface area contributed by atoms with E-state index >= 15 is 0 Å². The van der Waals surface area contributed by atoms with Crippen molar-refractivity contribution in [3.8, 4) is 0 Å². The van der Waals surface area contributed by atoms with Crippen molar-refractivity contribution >= 4 is 0 Å². The zero-order valence-corrected chi connectivity index (χ0v) is 12.8. The van der Waals surface area contributed by atoms with Crippen LogP contribution >= 0.6 is 0 Å². The Morgan fingerprint density at radius 3 is 2.68 bits per heavy atom. The Morgan fingerprint density at radius 1 is 1.42 bits per heavy atom. The first-order valence-corrected chi connectivity index (χ1v) is 7.44. The molecule has 1 aromatic heterocycles. The monoisotopic (exact) mass is 264 g/mol. The first kappa shape index (κ1) is 14.6. The molecule has 2 N–H and O–H groups in total. The van der Waals surface area contributed by atoms with E-state index in [2.05, 4.69) is 31.9 Å². The van der Waals surface area contributed by atoms with E-state index in [1.54, 1.807) is 0 Å². The molecule has 0 aliphatic heterocycles. The molecule has 3 nitrogen and oxygen atoms in total. The Hall–Kier alpha value is -0.800. The minimum absolute atomic E-state index is 0.132. The van der Waals surface area contributed by atoms with Crippen LogP contribution in [0.25, 0.3) is 0 Å². The molecule has 3 heteroatoms. The SMILES string of the molecule is Cc1ccc(CN(C)C2(CN)CCC(C)CC2C)o1. The maximum absolute atomic E-state index is 6.16. The maximum Gasteiger partial charge on any atom is 0.118 e. The van der Waals surface area contributed by atoms with Crippen molar-refractivity contribution in [1.29, 1.82) is 0 Å². The van der Waals surface area contributed by atoms with Crippen molar-refractivity contribution in [3.63, 3.8) is 0 Å². The summed E-state index contributed by atoms with van der Waals surface area (Å²) in [6, 6.07) is 4.11. The van der Waals surface area contributed by atoms with E-state index in [9.17, 15) is 0 Å². The van der Waals surface area contributed by atoms with Crippen LogP contribution in [-0.4, -0.2) is 24.0 Å². The molecule has 1 saturated carbocycles. The van der Waals surface area contributed by atoms with Gasteiger partial charge in [0.25, 0.3) is 0 Å². The third-order valence-corrected chi connectivity index (χ3v) is 5.05. The van der Waals surface area contributed by atoms with Crippen LogP contribution in [0.1, 0.15) is 44.6 Å². The first-order chi connectivity index (χ1) is 8.98. The lowest BCUT2D eigenvalue weighted by atomic mass is 9.69. The molecular weight excluding hydrogens is 236 g/mol. The summed E-state index contributed by atoms with van der Waals surface area (Å²) in [6.07, 6.45) is 3.75. The topological polar surface area (TPSA) is 42.4 Å². The molecule has 0 spiro atoms. The fourth-order valence-corrected chi connectivity index (χ4v) is 3.67. The summed E-state index contributed by atoms with van der Waals surface area (Å²) in [6.45, 7) is 8.28. The Kier molecular flexibility index (Phi) is 4.36. The molecule has 0 saturated heterocycles. The van der Waals surface area contributed by atoms with E-state index in [-0.39, 0.29) is 5.54 Å². The molecule has 2 rings (SSSR count). The van der Waals surface area contributed by atoms with Gasteiger partial charge in [0.05, 0.1) is 6.54 Å². The Bertz CT molecular complexity index is 415. The summed E-state index contributed by atoms with van der Waals surface area (Å²) in [5.41, 5.74) is 6.29. The Labute approximate surface area is 117 Å². The summed E-state index contributed by atoms with van der Waals surface area (Å²) in [4.78, 5) is 2.42. The van der Waals surface area contributed by atoms with E-state index in [1.807, 2.05) is 13.0 Å². The van der Waals surface area contributed by atoms with Crippen LogP contribution in [0.15, 0.2) is 16.5 Å². The van der Waals surface area contributed by atoms with Gasteiger partial charge in [0, 0.05) is 12.1 Å². The molecular formula is C16H28N2O. The minimum atomic E-state index is 0.132. The summed E-state index contributed by atoms with van der Waals surface area (Å²) in [5.74, 6) is 3.49. The lowest BCUT2D eigenvalue weighted by molar-refractivity contribution is 0.00895. The molecule has 19 heavy (non-hydrogen) atoms. The number of likely N-dealkylation sites (N-methyl/N-ethyl adjacent to an activating group) is 1. The second kappa shape index (κ2) is 5.68. The molecule has 108 valence electrons. The molecule has 1 aliphatic carbocycles. The van der Waals surface area contributed by atoms with Crippen LogP contribution in [0, 0.1) is 18.8 Å². The third-order valence-electron chi connectivity index (χ3n) is 5.05. The molecule has 3 atom stereocenters. The molecule has 0 amide bonds. The van der Waals surface area contributed by atoms with E-state index in [0.717, 1.165) is 30.5 Å². The summed E-state index contributed by atoms with van der Waals surface area (Å²) >= 11 is 0. The van der Waals surface area contributed by atoms with Crippen LogP contribution in [0.4, 0.5) is 0 Å². The predicted octanol–water partition coefficient (Wildman–Crippen LogP) is 3.17. The van der Waals surface area contributed by atoms with Crippen molar-refractivity contribution in [2.75, 3.05) is 13.6 Å². The number of furan rings is 1. The van der Waals surface area contributed by atoms with Gasteiger partial charge in [0.2, 0.25) is 0 Å². The minimum Gasteiger partial charge on any atom is -0.465 e. The van der Waals surface area contributed by atoms with Gasteiger partial charge in [-0.15, -0.1) is 0 Å². The van der Waals surface area contributed by atoms with Gasteiger partial charge in [0.15, 0.2) is 0 Å². The van der Waals surface area contributed by atoms with E-state index in [1.165, 1.54) is 19.3 Å². The average Bonchev–Trinajstić information content (AvgIpc) is 2.75. The van der Waals surface area contributed by atoms with Crippen LogP contribution in [0.5, 0.6) is 0 Å². The summed E-state index contributed by atoms with van der Waals surface area (Å²) < 4.78 is 5.71. The fraction of sp³-hybridized carbons (Fsp3) is 0.750. The van der Waals surface area contributed by atoms with Crippen LogP contribution < -0.4 is 5.73 Å². The largest absolute Gasteiger partial charge is 0.465 e. The standard InChI is InChI=1S/C16H28N2O/c1-12-7-8-16(11-17,13(2)9-12)18(4)10-15-6-5-14(3)19-15/h5-6,12-13H,7-11,17H2,1-4H3. The van der Waals surface area contributed by atoms with Crippen LogP contribution in [0.2, 0.25) is 0 Å². The molecule has 3 unspecified atom stereocenters. The van der Waals surface area contributed by atoms with E-state index < -0.39 is 0 Å². The number of rotatable bonds is 4. The number of hydrogen-bond donors (Lipinski definition) is 1. The average molecular weight is 264 g/mol. The van der Waals surface area contributed by atoms with Crippen molar-refractivity contribution in [2.24, 2.45) is 17.6 Å². The van der Waals surface area contributed by atoms with Gasteiger partial charge in [0.1, 0.15) is 11.5 Å². The first-order valence-electron chi connectivity index (χ1n) is 7.44. The summed E-state index contributed by atoms with van der Waals surface area (Å²) in [5, 5.41) is 0. The zero-order valence-electron chi connectivity index (χ0n) is 12.8. The lowest BCUT2D eigenvalue weighted by Gasteiger charge is -2.50.